The Hall–Kier alpha value is -0.0800. The molecule has 0 amide bonds. The molecular formula is C17H35NO. The lowest BCUT2D eigenvalue weighted by atomic mass is 9.78. The zero-order valence-electron chi connectivity index (χ0n) is 13.8. The smallest absolute Gasteiger partial charge is 0.0809 e. The highest BCUT2D eigenvalue weighted by Crippen LogP contribution is 2.35. The summed E-state index contributed by atoms with van der Waals surface area (Å²) in [5.74, 6) is 0.807. The van der Waals surface area contributed by atoms with Crippen LogP contribution >= 0.6 is 0 Å². The second-order valence-electron chi connectivity index (χ2n) is 7.54. The Morgan fingerprint density at radius 3 is 2.58 bits per heavy atom. The highest BCUT2D eigenvalue weighted by Gasteiger charge is 2.36. The summed E-state index contributed by atoms with van der Waals surface area (Å²) in [7, 11) is 0. The third-order valence-corrected chi connectivity index (χ3v) is 4.15. The molecule has 0 radical (unpaired) electrons. The lowest BCUT2D eigenvalue weighted by Gasteiger charge is -2.42. The fourth-order valence-corrected chi connectivity index (χ4v) is 3.02. The van der Waals surface area contributed by atoms with E-state index < -0.39 is 0 Å². The molecule has 0 saturated heterocycles. The molecule has 0 aromatic rings. The van der Waals surface area contributed by atoms with Crippen molar-refractivity contribution in [1.82, 2.24) is 5.32 Å². The van der Waals surface area contributed by atoms with E-state index in [1.807, 2.05) is 0 Å². The molecule has 0 aromatic carbocycles. The Bertz CT molecular complexity index is 246. The molecule has 114 valence electrons. The molecule has 1 fully saturated rings. The first kappa shape index (κ1) is 17.0. The number of ether oxygens (including phenoxy) is 1. The van der Waals surface area contributed by atoms with Crippen LogP contribution in [0.1, 0.15) is 79.6 Å². The van der Waals surface area contributed by atoms with Gasteiger partial charge in [-0.2, -0.15) is 0 Å². The van der Waals surface area contributed by atoms with Crippen molar-refractivity contribution in [3.8, 4) is 0 Å². The summed E-state index contributed by atoms with van der Waals surface area (Å²) >= 11 is 0. The average Bonchev–Trinajstić information content (AvgIpc) is 2.32. The van der Waals surface area contributed by atoms with Gasteiger partial charge in [0.25, 0.3) is 0 Å². The van der Waals surface area contributed by atoms with E-state index >= 15 is 0 Å². The first-order chi connectivity index (χ1) is 8.87. The van der Waals surface area contributed by atoms with E-state index in [1.165, 1.54) is 44.9 Å². The Kier molecular flexibility index (Phi) is 6.82. The fraction of sp³-hybridized carbons (Fsp3) is 1.00. The maximum atomic E-state index is 6.38. The van der Waals surface area contributed by atoms with Crippen LogP contribution in [-0.4, -0.2) is 24.3 Å². The number of unbranched alkanes of at least 4 members (excludes halogenated alkanes) is 2. The molecular weight excluding hydrogens is 234 g/mol. The van der Waals surface area contributed by atoms with Crippen LogP contribution in [0.15, 0.2) is 0 Å². The first-order valence-electron chi connectivity index (χ1n) is 8.26. The quantitative estimate of drug-likeness (QED) is 0.686. The van der Waals surface area contributed by atoms with Gasteiger partial charge in [-0.1, -0.05) is 39.5 Å². The molecule has 1 aliphatic carbocycles. The van der Waals surface area contributed by atoms with Crippen molar-refractivity contribution in [2.45, 2.75) is 90.7 Å². The van der Waals surface area contributed by atoms with Gasteiger partial charge < -0.3 is 10.1 Å². The molecule has 0 aromatic heterocycles. The highest BCUT2D eigenvalue weighted by molar-refractivity contribution is 4.91. The minimum atomic E-state index is 0.0959. The van der Waals surface area contributed by atoms with Gasteiger partial charge >= 0.3 is 0 Å². The van der Waals surface area contributed by atoms with Crippen LogP contribution in [0.3, 0.4) is 0 Å². The molecule has 0 spiro atoms. The largest absolute Gasteiger partial charge is 0.374 e. The van der Waals surface area contributed by atoms with E-state index in [2.05, 4.69) is 39.9 Å². The normalized spacial score (nSPS) is 28.6. The Labute approximate surface area is 120 Å². The molecule has 19 heavy (non-hydrogen) atoms. The maximum Gasteiger partial charge on any atom is 0.0809 e. The minimum absolute atomic E-state index is 0.0959. The topological polar surface area (TPSA) is 21.3 Å². The van der Waals surface area contributed by atoms with Crippen LogP contribution in [0.25, 0.3) is 0 Å². The Morgan fingerprint density at radius 2 is 2.00 bits per heavy atom. The van der Waals surface area contributed by atoms with Gasteiger partial charge in [-0.15, -0.1) is 0 Å². The molecule has 0 aliphatic heterocycles. The van der Waals surface area contributed by atoms with Crippen molar-refractivity contribution in [2.75, 3.05) is 13.2 Å². The summed E-state index contributed by atoms with van der Waals surface area (Å²) in [6.07, 6.45) is 8.92. The van der Waals surface area contributed by atoms with Crippen LogP contribution in [0.2, 0.25) is 0 Å². The standard InChI is InChI=1S/C17H35NO/c1-6-7-8-12-19-17(14-18-16(3,4)5)11-9-10-15(2)13-17/h15,18H,6-14H2,1-5H3. The average molecular weight is 269 g/mol. The van der Waals surface area contributed by atoms with Gasteiger partial charge in [-0.25, -0.2) is 0 Å². The van der Waals surface area contributed by atoms with E-state index in [-0.39, 0.29) is 11.1 Å². The van der Waals surface area contributed by atoms with E-state index in [4.69, 9.17) is 4.74 Å². The number of hydrogen-bond donors (Lipinski definition) is 1. The van der Waals surface area contributed by atoms with Crippen LogP contribution < -0.4 is 5.32 Å². The van der Waals surface area contributed by atoms with Crippen LogP contribution in [0.5, 0.6) is 0 Å². The molecule has 1 saturated carbocycles. The predicted molar refractivity (Wildman–Crippen MR) is 83.6 cm³/mol. The van der Waals surface area contributed by atoms with Crippen molar-refractivity contribution >= 4 is 0 Å². The van der Waals surface area contributed by atoms with Gasteiger partial charge in [0, 0.05) is 18.7 Å². The van der Waals surface area contributed by atoms with Gasteiger partial charge in [-0.3, -0.25) is 0 Å². The maximum absolute atomic E-state index is 6.38. The summed E-state index contributed by atoms with van der Waals surface area (Å²) in [6.45, 7) is 13.3. The van der Waals surface area contributed by atoms with Crippen LogP contribution in [-0.2, 0) is 4.74 Å². The number of hydrogen-bond acceptors (Lipinski definition) is 2. The second kappa shape index (κ2) is 7.64. The number of nitrogens with one attached hydrogen (secondary N) is 1. The zero-order valence-corrected chi connectivity index (χ0v) is 13.8. The second-order valence-corrected chi connectivity index (χ2v) is 7.54. The van der Waals surface area contributed by atoms with Crippen LogP contribution in [0.4, 0.5) is 0 Å². The van der Waals surface area contributed by atoms with E-state index in [9.17, 15) is 0 Å². The Morgan fingerprint density at radius 1 is 1.26 bits per heavy atom. The third-order valence-electron chi connectivity index (χ3n) is 4.15. The SMILES string of the molecule is CCCCCOC1(CNC(C)(C)C)CCCC(C)C1. The first-order valence-corrected chi connectivity index (χ1v) is 8.26. The fourth-order valence-electron chi connectivity index (χ4n) is 3.02. The van der Waals surface area contributed by atoms with Gasteiger partial charge in [0.1, 0.15) is 0 Å². The van der Waals surface area contributed by atoms with Crippen molar-refractivity contribution in [3.63, 3.8) is 0 Å². The lowest BCUT2D eigenvalue weighted by molar-refractivity contribution is -0.0830. The third kappa shape index (κ3) is 6.76. The molecule has 1 aliphatic rings. The highest BCUT2D eigenvalue weighted by atomic mass is 16.5. The van der Waals surface area contributed by atoms with E-state index in [0.717, 1.165) is 19.1 Å². The lowest BCUT2D eigenvalue weighted by Crippen LogP contribution is -2.51. The van der Waals surface area contributed by atoms with E-state index in [1.54, 1.807) is 0 Å². The molecule has 1 rings (SSSR count). The van der Waals surface area contributed by atoms with Crippen molar-refractivity contribution in [3.05, 3.63) is 0 Å². The van der Waals surface area contributed by atoms with Gasteiger partial charge in [-0.05, 0) is 46.0 Å². The zero-order chi connectivity index (χ0) is 14.4. The molecule has 2 atom stereocenters. The molecule has 0 heterocycles. The van der Waals surface area contributed by atoms with Gasteiger partial charge in [0.2, 0.25) is 0 Å². The molecule has 1 N–H and O–H groups in total. The van der Waals surface area contributed by atoms with Crippen molar-refractivity contribution < 1.29 is 4.74 Å². The predicted octanol–water partition coefficient (Wildman–Crippen LogP) is 4.53. The molecule has 2 unspecified atom stereocenters. The van der Waals surface area contributed by atoms with E-state index in [0.29, 0.717) is 0 Å². The van der Waals surface area contributed by atoms with Gasteiger partial charge in [0.05, 0.1) is 5.60 Å². The minimum Gasteiger partial charge on any atom is -0.374 e. The number of rotatable bonds is 7. The van der Waals surface area contributed by atoms with Gasteiger partial charge in [0.15, 0.2) is 0 Å². The summed E-state index contributed by atoms with van der Waals surface area (Å²) < 4.78 is 6.38. The van der Waals surface area contributed by atoms with Crippen LogP contribution in [0, 0.1) is 5.92 Å². The Balaban J connectivity index is 2.51. The molecule has 2 heteroatoms. The summed E-state index contributed by atoms with van der Waals surface area (Å²) in [6, 6.07) is 0. The molecule has 0 bridgehead atoms. The summed E-state index contributed by atoms with van der Waals surface area (Å²) in [5.41, 5.74) is 0.277. The monoisotopic (exact) mass is 269 g/mol. The van der Waals surface area contributed by atoms with Crippen molar-refractivity contribution in [2.24, 2.45) is 5.92 Å². The molecule has 2 nitrogen and oxygen atoms in total. The summed E-state index contributed by atoms with van der Waals surface area (Å²) in [4.78, 5) is 0. The van der Waals surface area contributed by atoms with Crippen molar-refractivity contribution in [1.29, 1.82) is 0 Å². The summed E-state index contributed by atoms with van der Waals surface area (Å²) in [5, 5.41) is 3.67.